The lowest BCUT2D eigenvalue weighted by Crippen LogP contribution is -2.15. The van der Waals surface area contributed by atoms with Crippen molar-refractivity contribution in [1.82, 2.24) is 15.1 Å². The van der Waals surface area contributed by atoms with Gasteiger partial charge in [-0.25, -0.2) is 9.97 Å². The van der Waals surface area contributed by atoms with Crippen LogP contribution in [0, 0.1) is 6.92 Å². The molecular weight excluding hydrogens is 441 g/mol. The average Bonchev–Trinajstić information content (AvgIpc) is 3.24. The minimum atomic E-state index is -4.55. The highest BCUT2D eigenvalue weighted by atomic mass is 19.4. The number of amides is 1. The van der Waals surface area contributed by atoms with Crippen LogP contribution in [0.5, 0.6) is 0 Å². The van der Waals surface area contributed by atoms with E-state index in [-0.39, 0.29) is 47.3 Å². The van der Waals surface area contributed by atoms with Crippen molar-refractivity contribution in [3.05, 3.63) is 64.4 Å². The van der Waals surface area contributed by atoms with Crippen LogP contribution in [0.15, 0.2) is 35.1 Å². The van der Waals surface area contributed by atoms with Crippen LogP contribution in [0.4, 0.5) is 24.7 Å². The first kappa shape index (κ1) is 23.9. The molecule has 1 amide bonds. The van der Waals surface area contributed by atoms with E-state index < -0.39 is 23.6 Å². The Balaban J connectivity index is 1.71. The van der Waals surface area contributed by atoms with E-state index in [0.29, 0.717) is 11.3 Å². The van der Waals surface area contributed by atoms with Crippen LogP contribution in [0.1, 0.15) is 62.7 Å². The number of hydrogen-bond donors (Lipinski definition) is 3. The Labute approximate surface area is 186 Å². The van der Waals surface area contributed by atoms with Crippen LogP contribution in [-0.4, -0.2) is 26.8 Å². The molecule has 3 rings (SSSR count). The van der Waals surface area contributed by atoms with E-state index in [9.17, 15) is 22.8 Å². The second kappa shape index (κ2) is 9.36. The highest BCUT2D eigenvalue weighted by molar-refractivity contribution is 6.02. The van der Waals surface area contributed by atoms with Crippen molar-refractivity contribution >= 4 is 23.2 Å². The summed E-state index contributed by atoms with van der Waals surface area (Å²) in [5.41, 5.74) is 11.3. The fraction of sp³-hybridized carbons (Fsp3) is 0.286. The number of halogens is 3. The third kappa shape index (κ3) is 5.34. The molecule has 0 fully saturated rings. The highest BCUT2D eigenvalue weighted by Gasteiger charge is 2.32. The second-order valence-corrected chi connectivity index (χ2v) is 7.42. The number of carbonyl (C=O) groups is 2. The SMILES string of the molecule is Cc1ccc(NC(=O)c2cc([C@H](C)CC(=O)c3ncnc(N)c3CN)no2)cc1C(F)(F)F. The molecule has 2 heterocycles. The molecule has 0 radical (unpaired) electrons. The first-order valence-electron chi connectivity index (χ1n) is 9.79. The van der Waals surface area contributed by atoms with E-state index in [2.05, 4.69) is 20.4 Å². The molecule has 174 valence electrons. The Morgan fingerprint density at radius 1 is 1.21 bits per heavy atom. The molecule has 0 aliphatic heterocycles. The third-order valence-electron chi connectivity index (χ3n) is 5.00. The fourth-order valence-electron chi connectivity index (χ4n) is 3.17. The number of hydrogen-bond acceptors (Lipinski definition) is 8. The molecule has 2 aromatic heterocycles. The maximum atomic E-state index is 13.1. The minimum absolute atomic E-state index is 0.00846. The number of nitrogens with one attached hydrogen (secondary N) is 1. The van der Waals surface area contributed by atoms with Gasteiger partial charge in [0.25, 0.3) is 5.91 Å². The summed E-state index contributed by atoms with van der Waals surface area (Å²) in [5.74, 6) is -1.68. The maximum Gasteiger partial charge on any atom is 0.416 e. The molecule has 9 nitrogen and oxygen atoms in total. The van der Waals surface area contributed by atoms with Crippen LogP contribution < -0.4 is 16.8 Å². The van der Waals surface area contributed by atoms with Crippen molar-refractivity contribution in [2.75, 3.05) is 11.1 Å². The summed E-state index contributed by atoms with van der Waals surface area (Å²) >= 11 is 0. The second-order valence-electron chi connectivity index (χ2n) is 7.42. The highest BCUT2D eigenvalue weighted by Crippen LogP contribution is 2.33. The molecule has 0 bridgehead atoms. The standard InChI is InChI=1S/C21H21F3N6O3/c1-10-3-4-12(6-14(10)21(22,23)24)29-20(32)17-7-15(30-33-17)11(2)5-16(31)18-13(8-25)19(26)28-9-27-18/h3-4,6-7,9,11H,5,8,25H2,1-2H3,(H,29,32)(H2,26,27,28)/t11-/m1/s1. The number of alkyl halides is 3. The number of nitrogens with two attached hydrogens (primary N) is 2. The third-order valence-corrected chi connectivity index (χ3v) is 5.00. The zero-order chi connectivity index (χ0) is 24.3. The monoisotopic (exact) mass is 462 g/mol. The summed E-state index contributed by atoms with van der Waals surface area (Å²) in [7, 11) is 0. The fourth-order valence-corrected chi connectivity index (χ4v) is 3.17. The van der Waals surface area contributed by atoms with Crippen LogP contribution in [0.3, 0.4) is 0 Å². The van der Waals surface area contributed by atoms with Gasteiger partial charge in [0.05, 0.1) is 11.3 Å². The van der Waals surface area contributed by atoms with E-state index in [1.165, 1.54) is 31.5 Å². The zero-order valence-corrected chi connectivity index (χ0v) is 17.7. The van der Waals surface area contributed by atoms with Gasteiger partial charge in [0.1, 0.15) is 17.8 Å². The van der Waals surface area contributed by atoms with Crippen LogP contribution in [0.25, 0.3) is 0 Å². The van der Waals surface area contributed by atoms with Gasteiger partial charge >= 0.3 is 6.18 Å². The van der Waals surface area contributed by atoms with E-state index in [0.717, 1.165) is 6.07 Å². The normalized spacial score (nSPS) is 12.4. The molecule has 0 aliphatic carbocycles. The number of nitrogens with zero attached hydrogens (tertiary/aromatic N) is 3. The Morgan fingerprint density at radius 3 is 2.61 bits per heavy atom. The molecule has 1 atom stereocenters. The number of Topliss-reactive ketones (excluding diaryl/α,β-unsaturated/α-hetero) is 1. The number of rotatable bonds is 7. The quantitative estimate of drug-likeness (QED) is 0.452. The lowest BCUT2D eigenvalue weighted by molar-refractivity contribution is -0.138. The smallest absolute Gasteiger partial charge is 0.383 e. The van der Waals surface area contributed by atoms with Gasteiger partial charge < -0.3 is 21.3 Å². The Kier molecular flexibility index (Phi) is 6.77. The summed E-state index contributed by atoms with van der Waals surface area (Å²) in [4.78, 5) is 32.8. The number of nitrogen functional groups attached to an aromatic ring is 1. The van der Waals surface area contributed by atoms with Crippen LogP contribution in [-0.2, 0) is 12.7 Å². The van der Waals surface area contributed by atoms with Gasteiger partial charge in [-0.2, -0.15) is 13.2 Å². The predicted molar refractivity (Wildman–Crippen MR) is 112 cm³/mol. The first-order valence-corrected chi connectivity index (χ1v) is 9.79. The van der Waals surface area contributed by atoms with Gasteiger partial charge in [-0.15, -0.1) is 0 Å². The predicted octanol–water partition coefficient (Wildman–Crippen LogP) is 3.46. The van der Waals surface area contributed by atoms with Gasteiger partial charge in [0.2, 0.25) is 5.76 Å². The van der Waals surface area contributed by atoms with Crippen molar-refractivity contribution in [3.63, 3.8) is 0 Å². The van der Waals surface area contributed by atoms with Crippen molar-refractivity contribution in [1.29, 1.82) is 0 Å². The molecular formula is C21H21F3N6O3. The summed E-state index contributed by atoms with van der Waals surface area (Å²) in [6, 6.07) is 4.77. The lowest BCUT2D eigenvalue weighted by Gasteiger charge is -2.12. The summed E-state index contributed by atoms with van der Waals surface area (Å²) in [6.45, 7) is 3.01. The maximum absolute atomic E-state index is 13.1. The molecule has 0 saturated carbocycles. The van der Waals surface area contributed by atoms with Gasteiger partial charge in [-0.05, 0) is 24.6 Å². The number of anilines is 2. The van der Waals surface area contributed by atoms with Crippen molar-refractivity contribution in [3.8, 4) is 0 Å². The van der Waals surface area contributed by atoms with E-state index in [4.69, 9.17) is 16.0 Å². The Morgan fingerprint density at radius 2 is 1.94 bits per heavy atom. The Hall–Kier alpha value is -3.80. The van der Waals surface area contributed by atoms with E-state index >= 15 is 0 Å². The number of benzene rings is 1. The number of aryl methyl sites for hydroxylation is 1. The van der Waals surface area contributed by atoms with Crippen molar-refractivity contribution in [2.24, 2.45) is 5.73 Å². The average molecular weight is 462 g/mol. The molecule has 5 N–H and O–H groups in total. The number of aromatic nitrogens is 3. The zero-order valence-electron chi connectivity index (χ0n) is 17.7. The largest absolute Gasteiger partial charge is 0.416 e. The van der Waals surface area contributed by atoms with E-state index in [1.807, 2.05) is 0 Å². The molecule has 0 spiro atoms. The van der Waals surface area contributed by atoms with Gasteiger partial charge in [0.15, 0.2) is 5.78 Å². The molecule has 33 heavy (non-hydrogen) atoms. The van der Waals surface area contributed by atoms with Crippen LogP contribution >= 0.6 is 0 Å². The molecule has 1 aromatic carbocycles. The molecule has 0 unspecified atom stereocenters. The van der Waals surface area contributed by atoms with Gasteiger partial charge in [-0.1, -0.05) is 18.1 Å². The summed E-state index contributed by atoms with van der Waals surface area (Å²) in [5, 5.41) is 6.16. The van der Waals surface area contributed by atoms with Gasteiger partial charge in [0, 0.05) is 36.2 Å². The Bertz CT molecular complexity index is 1190. The van der Waals surface area contributed by atoms with Crippen molar-refractivity contribution < 1.29 is 27.3 Å². The molecule has 0 saturated heterocycles. The molecule has 12 heteroatoms. The molecule has 0 aliphatic rings. The van der Waals surface area contributed by atoms with Crippen LogP contribution in [0.2, 0.25) is 0 Å². The van der Waals surface area contributed by atoms with Crippen molar-refractivity contribution in [2.45, 2.75) is 38.9 Å². The summed E-state index contributed by atoms with van der Waals surface area (Å²) < 4.78 is 44.3. The topological polar surface area (TPSA) is 150 Å². The minimum Gasteiger partial charge on any atom is -0.383 e. The number of carbonyl (C=O) groups excluding carboxylic acids is 2. The molecule has 3 aromatic rings. The lowest BCUT2D eigenvalue weighted by atomic mass is 9.97. The number of ketones is 1. The first-order chi connectivity index (χ1) is 15.5. The van der Waals surface area contributed by atoms with Gasteiger partial charge in [-0.3, -0.25) is 9.59 Å². The van der Waals surface area contributed by atoms with E-state index in [1.54, 1.807) is 6.92 Å². The summed E-state index contributed by atoms with van der Waals surface area (Å²) in [6.07, 6.45) is -3.41.